The highest BCUT2D eigenvalue weighted by Gasteiger charge is 2.13. The van der Waals surface area contributed by atoms with E-state index >= 15 is 0 Å². The van der Waals surface area contributed by atoms with Gasteiger partial charge in [-0.25, -0.2) is 26.6 Å². The van der Waals surface area contributed by atoms with Gasteiger partial charge in [0, 0.05) is 24.8 Å². The predicted molar refractivity (Wildman–Crippen MR) is 109 cm³/mol. The Balaban J connectivity index is 1.52. The summed E-state index contributed by atoms with van der Waals surface area (Å²) in [6.07, 6.45) is 0. The molecule has 0 unspecified atom stereocenters. The molecule has 0 amide bonds. The van der Waals surface area contributed by atoms with E-state index in [4.69, 9.17) is 0 Å². The molecule has 8 nitrogen and oxygen atoms in total. The molecule has 30 heavy (non-hydrogen) atoms. The van der Waals surface area contributed by atoms with Crippen molar-refractivity contribution >= 4 is 15.8 Å². The van der Waals surface area contributed by atoms with Crippen molar-refractivity contribution in [3.63, 3.8) is 0 Å². The molecule has 0 atom stereocenters. The van der Waals surface area contributed by atoms with E-state index in [1.165, 1.54) is 0 Å². The Morgan fingerprint density at radius 3 is 2.27 bits per heavy atom. The molecule has 0 saturated carbocycles. The number of benzene rings is 1. The quantitative estimate of drug-likeness (QED) is 0.526. The predicted octanol–water partition coefficient (Wildman–Crippen LogP) is 2.40. The van der Waals surface area contributed by atoms with Crippen LogP contribution in [0.5, 0.6) is 0 Å². The Bertz CT molecular complexity index is 1130. The summed E-state index contributed by atoms with van der Waals surface area (Å²) >= 11 is 0. The standard InChI is InChI=1S/C19H22F2N6O2S/c1-12-13(2)26-27(14(12)3)19-5-4-18(24-25-19)22-6-7-23-30(28,29)11-15-8-16(20)10-17(21)9-15/h4-5,8-10,23H,6-7,11H2,1-3H3,(H,22,24). The summed E-state index contributed by atoms with van der Waals surface area (Å²) in [6, 6.07) is 6.15. The Kier molecular flexibility index (Phi) is 6.42. The van der Waals surface area contributed by atoms with Gasteiger partial charge in [0.05, 0.1) is 11.4 Å². The third kappa shape index (κ3) is 5.36. The maximum atomic E-state index is 13.2. The zero-order valence-electron chi connectivity index (χ0n) is 16.8. The van der Waals surface area contributed by atoms with E-state index in [1.54, 1.807) is 16.8 Å². The van der Waals surface area contributed by atoms with Crippen molar-refractivity contribution in [2.24, 2.45) is 0 Å². The van der Waals surface area contributed by atoms with E-state index in [9.17, 15) is 17.2 Å². The van der Waals surface area contributed by atoms with Crippen molar-refractivity contribution < 1.29 is 17.2 Å². The molecular weight excluding hydrogens is 414 g/mol. The van der Waals surface area contributed by atoms with Gasteiger partial charge in [0.1, 0.15) is 17.5 Å². The second-order valence-electron chi connectivity index (χ2n) is 6.84. The molecular formula is C19H22F2N6O2S. The van der Waals surface area contributed by atoms with Crippen LogP contribution in [0.2, 0.25) is 0 Å². The number of hydrogen-bond acceptors (Lipinski definition) is 6. The largest absolute Gasteiger partial charge is 0.367 e. The van der Waals surface area contributed by atoms with Crippen molar-refractivity contribution in [1.82, 2.24) is 24.7 Å². The normalized spacial score (nSPS) is 11.6. The zero-order chi connectivity index (χ0) is 21.9. The number of aromatic nitrogens is 4. The number of hydrogen-bond donors (Lipinski definition) is 2. The molecule has 3 aromatic rings. The fourth-order valence-corrected chi connectivity index (χ4v) is 3.96. The second-order valence-corrected chi connectivity index (χ2v) is 8.65. The molecule has 1 aromatic carbocycles. The fraction of sp³-hybridized carbons (Fsp3) is 0.316. The molecule has 2 aromatic heterocycles. The van der Waals surface area contributed by atoms with Crippen molar-refractivity contribution in [1.29, 1.82) is 0 Å². The number of aryl methyl sites for hydroxylation is 1. The van der Waals surface area contributed by atoms with Gasteiger partial charge in [0.25, 0.3) is 0 Å². The van der Waals surface area contributed by atoms with Crippen LogP contribution in [0.15, 0.2) is 30.3 Å². The molecule has 11 heteroatoms. The van der Waals surface area contributed by atoms with E-state index in [-0.39, 0.29) is 18.7 Å². The first-order chi connectivity index (χ1) is 14.1. The SMILES string of the molecule is Cc1nn(-c2ccc(NCCNS(=O)(=O)Cc3cc(F)cc(F)c3)nn2)c(C)c1C. The molecule has 160 valence electrons. The lowest BCUT2D eigenvalue weighted by Gasteiger charge is -2.09. The van der Waals surface area contributed by atoms with Gasteiger partial charge in [-0.2, -0.15) is 5.10 Å². The van der Waals surface area contributed by atoms with Crippen LogP contribution in [0.25, 0.3) is 5.82 Å². The minimum Gasteiger partial charge on any atom is -0.367 e. The summed E-state index contributed by atoms with van der Waals surface area (Å²) in [7, 11) is -3.74. The van der Waals surface area contributed by atoms with Gasteiger partial charge in [-0.1, -0.05) is 0 Å². The maximum absolute atomic E-state index is 13.2. The Morgan fingerprint density at radius 2 is 1.70 bits per heavy atom. The van der Waals surface area contributed by atoms with Crippen LogP contribution in [-0.4, -0.2) is 41.5 Å². The summed E-state index contributed by atoms with van der Waals surface area (Å²) in [5, 5.41) is 15.6. The van der Waals surface area contributed by atoms with Crippen LogP contribution in [0.4, 0.5) is 14.6 Å². The number of sulfonamides is 1. The molecule has 0 aliphatic rings. The summed E-state index contributed by atoms with van der Waals surface area (Å²) in [4.78, 5) is 0. The molecule has 0 radical (unpaired) electrons. The van der Waals surface area contributed by atoms with Gasteiger partial charge in [-0.05, 0) is 56.2 Å². The second kappa shape index (κ2) is 8.84. The van der Waals surface area contributed by atoms with E-state index in [2.05, 4.69) is 25.3 Å². The molecule has 0 aliphatic carbocycles. The lowest BCUT2D eigenvalue weighted by molar-refractivity contribution is 0.575. The Morgan fingerprint density at radius 1 is 1.00 bits per heavy atom. The zero-order valence-corrected chi connectivity index (χ0v) is 17.6. The molecule has 3 rings (SSSR count). The summed E-state index contributed by atoms with van der Waals surface area (Å²) < 4.78 is 54.6. The van der Waals surface area contributed by atoms with Crippen LogP contribution in [0.3, 0.4) is 0 Å². The van der Waals surface area contributed by atoms with E-state index < -0.39 is 27.4 Å². The van der Waals surface area contributed by atoms with Crippen molar-refractivity contribution in [2.75, 3.05) is 18.4 Å². The third-order valence-corrected chi connectivity index (χ3v) is 5.91. The number of nitrogens with one attached hydrogen (secondary N) is 2. The van der Waals surface area contributed by atoms with Gasteiger partial charge in [-0.15, -0.1) is 10.2 Å². The maximum Gasteiger partial charge on any atom is 0.215 e. The van der Waals surface area contributed by atoms with Crippen molar-refractivity contribution in [3.8, 4) is 5.82 Å². The van der Waals surface area contributed by atoms with E-state index in [0.717, 1.165) is 29.1 Å². The Labute approximate surface area is 173 Å². The average Bonchev–Trinajstić information content (AvgIpc) is 2.92. The monoisotopic (exact) mass is 436 g/mol. The summed E-state index contributed by atoms with van der Waals surface area (Å²) in [5.41, 5.74) is 3.03. The van der Waals surface area contributed by atoms with Crippen LogP contribution < -0.4 is 10.0 Å². The summed E-state index contributed by atoms with van der Waals surface area (Å²) in [6.45, 7) is 6.19. The Hall–Kier alpha value is -2.92. The highest BCUT2D eigenvalue weighted by Crippen LogP contribution is 2.15. The van der Waals surface area contributed by atoms with Crippen molar-refractivity contribution in [2.45, 2.75) is 26.5 Å². The number of anilines is 1. The van der Waals surface area contributed by atoms with Gasteiger partial charge in [-0.3, -0.25) is 0 Å². The highest BCUT2D eigenvalue weighted by atomic mass is 32.2. The molecule has 0 spiro atoms. The lowest BCUT2D eigenvalue weighted by Crippen LogP contribution is -2.30. The lowest BCUT2D eigenvalue weighted by atomic mass is 10.2. The fourth-order valence-electron chi connectivity index (χ4n) is 2.84. The highest BCUT2D eigenvalue weighted by molar-refractivity contribution is 7.88. The van der Waals surface area contributed by atoms with Gasteiger partial charge >= 0.3 is 0 Å². The van der Waals surface area contributed by atoms with Crippen LogP contribution >= 0.6 is 0 Å². The average molecular weight is 436 g/mol. The van der Waals surface area contributed by atoms with Crippen LogP contribution in [0, 0.1) is 32.4 Å². The van der Waals surface area contributed by atoms with Gasteiger partial charge < -0.3 is 5.32 Å². The minimum atomic E-state index is -3.74. The summed E-state index contributed by atoms with van der Waals surface area (Å²) in [5.74, 6) is -1.10. The molecule has 0 aliphatic heterocycles. The molecule has 0 fully saturated rings. The first kappa shape index (κ1) is 21.8. The first-order valence-electron chi connectivity index (χ1n) is 9.18. The molecule has 0 bridgehead atoms. The number of rotatable bonds is 8. The number of nitrogens with zero attached hydrogens (tertiary/aromatic N) is 4. The van der Waals surface area contributed by atoms with Crippen LogP contribution in [-0.2, 0) is 15.8 Å². The van der Waals surface area contributed by atoms with Gasteiger partial charge in [0.15, 0.2) is 5.82 Å². The van der Waals surface area contributed by atoms with Gasteiger partial charge in [0.2, 0.25) is 10.0 Å². The molecule has 0 saturated heterocycles. The number of halogens is 2. The van der Waals surface area contributed by atoms with E-state index in [0.29, 0.717) is 17.7 Å². The first-order valence-corrected chi connectivity index (χ1v) is 10.8. The van der Waals surface area contributed by atoms with Crippen molar-refractivity contribution in [3.05, 3.63) is 64.5 Å². The smallest absolute Gasteiger partial charge is 0.215 e. The minimum absolute atomic E-state index is 0.0359. The molecule has 2 heterocycles. The molecule has 2 N–H and O–H groups in total. The topological polar surface area (TPSA) is 102 Å². The van der Waals surface area contributed by atoms with E-state index in [1.807, 2.05) is 20.8 Å². The third-order valence-electron chi connectivity index (χ3n) is 4.55. The van der Waals surface area contributed by atoms with Crippen LogP contribution in [0.1, 0.15) is 22.5 Å².